The van der Waals surface area contributed by atoms with Gasteiger partial charge in [0.2, 0.25) is 0 Å². The number of thioether (sulfide) groups is 1. The maximum atomic E-state index is 11.0. The fourth-order valence-corrected chi connectivity index (χ4v) is 4.47. The molecule has 0 saturated heterocycles. The van der Waals surface area contributed by atoms with Gasteiger partial charge in [-0.2, -0.15) is 0 Å². The fraction of sp³-hybridized carbons (Fsp3) is 0.333. The molecule has 1 aromatic heterocycles. The van der Waals surface area contributed by atoms with Gasteiger partial charge in [-0.3, -0.25) is 4.79 Å². The van der Waals surface area contributed by atoms with Crippen molar-refractivity contribution < 1.29 is 9.90 Å². The highest BCUT2D eigenvalue weighted by molar-refractivity contribution is 8.07. The zero-order chi connectivity index (χ0) is 20.1. The number of halogens is 1. The number of carboxylic acid groups (broad SMARTS) is 1. The topological polar surface area (TPSA) is 54.6 Å². The van der Waals surface area contributed by atoms with Gasteiger partial charge in [0.15, 0.2) is 0 Å². The van der Waals surface area contributed by atoms with Crippen molar-refractivity contribution >= 4 is 46.9 Å². The molecule has 0 aliphatic carbocycles. The Kier molecular flexibility index (Phi) is 7.32. The van der Waals surface area contributed by atoms with Crippen LogP contribution in [0, 0.1) is 0 Å². The molecular weight excluding hydrogens is 412 g/mol. The Hall–Kier alpha value is -1.63. The average molecular weight is 435 g/mol. The summed E-state index contributed by atoms with van der Waals surface area (Å²) < 4.78 is 2.22. The van der Waals surface area contributed by atoms with Gasteiger partial charge in [0.05, 0.1) is 6.42 Å². The molecule has 1 aromatic carbocycles. The second-order valence-corrected chi connectivity index (χ2v) is 8.57. The molecule has 0 radical (unpaired) electrons. The van der Waals surface area contributed by atoms with Crippen LogP contribution in [0.4, 0.5) is 0 Å². The van der Waals surface area contributed by atoms with E-state index < -0.39 is 5.97 Å². The molecule has 0 bridgehead atoms. The number of benzene rings is 1. The molecular formula is C21H23ClN2O2S2. The van der Waals surface area contributed by atoms with E-state index in [-0.39, 0.29) is 12.3 Å². The molecule has 0 saturated carbocycles. The van der Waals surface area contributed by atoms with Crippen molar-refractivity contribution in [2.24, 2.45) is 4.99 Å². The van der Waals surface area contributed by atoms with E-state index in [2.05, 4.69) is 40.6 Å². The van der Waals surface area contributed by atoms with Crippen LogP contribution in [0.3, 0.4) is 0 Å². The smallest absolute Gasteiger partial charge is 0.304 e. The van der Waals surface area contributed by atoms with Gasteiger partial charge in [-0.05, 0) is 60.8 Å². The molecule has 2 aromatic rings. The number of fused-ring (bicyclic) bond motifs is 3. The first-order chi connectivity index (χ1) is 13.5. The van der Waals surface area contributed by atoms with E-state index in [9.17, 15) is 4.79 Å². The Morgan fingerprint density at radius 2 is 2.14 bits per heavy atom. The zero-order valence-corrected chi connectivity index (χ0v) is 18.1. The fourth-order valence-electron chi connectivity index (χ4n) is 3.56. The van der Waals surface area contributed by atoms with Crippen molar-refractivity contribution in [1.29, 1.82) is 0 Å². The van der Waals surface area contributed by atoms with E-state index in [0.717, 1.165) is 46.9 Å². The Balaban J connectivity index is 0.000000236. The maximum absolute atomic E-state index is 11.0. The van der Waals surface area contributed by atoms with Crippen LogP contribution in [-0.4, -0.2) is 21.9 Å². The van der Waals surface area contributed by atoms with Crippen molar-refractivity contribution in [2.45, 2.75) is 43.0 Å². The number of allylic oxidation sites excluding steroid dienone is 1. The molecule has 1 unspecified atom stereocenters. The number of thiol groups is 1. The molecule has 1 N–H and O–H groups in total. The Labute approximate surface area is 179 Å². The van der Waals surface area contributed by atoms with E-state index in [1.165, 1.54) is 10.1 Å². The normalized spacial score (nSPS) is 17.5. The predicted molar refractivity (Wildman–Crippen MR) is 119 cm³/mol. The lowest BCUT2D eigenvalue weighted by Gasteiger charge is -2.23. The van der Waals surface area contributed by atoms with Crippen LogP contribution in [0.15, 0.2) is 52.5 Å². The van der Waals surface area contributed by atoms with Gasteiger partial charge in [0.1, 0.15) is 5.49 Å². The minimum atomic E-state index is -0.717. The van der Waals surface area contributed by atoms with E-state index in [1.54, 1.807) is 11.8 Å². The van der Waals surface area contributed by atoms with Gasteiger partial charge >= 0.3 is 5.97 Å². The monoisotopic (exact) mass is 434 g/mol. The summed E-state index contributed by atoms with van der Waals surface area (Å²) in [4.78, 5) is 17.9. The van der Waals surface area contributed by atoms with Crippen molar-refractivity contribution in [1.82, 2.24) is 4.57 Å². The number of carboxylic acids is 1. The van der Waals surface area contributed by atoms with Gasteiger partial charge in [0.25, 0.3) is 0 Å². The molecule has 0 fully saturated rings. The second kappa shape index (κ2) is 9.72. The summed E-state index contributed by atoms with van der Waals surface area (Å²) in [5.74, 6) is -0.596. The molecule has 4 nitrogen and oxygen atoms in total. The third kappa shape index (κ3) is 5.04. The number of aliphatic carboxylic acids is 1. The van der Waals surface area contributed by atoms with Crippen molar-refractivity contribution in [3.8, 4) is 0 Å². The van der Waals surface area contributed by atoms with Crippen molar-refractivity contribution in [3.63, 3.8) is 0 Å². The summed E-state index contributed by atoms with van der Waals surface area (Å²) in [7, 11) is 0. The highest BCUT2D eigenvalue weighted by Gasteiger charge is 2.25. The first-order valence-corrected chi connectivity index (χ1v) is 11.2. The van der Waals surface area contributed by atoms with Crippen LogP contribution in [0.1, 0.15) is 37.3 Å². The highest BCUT2D eigenvalue weighted by Crippen LogP contribution is 2.29. The minimum absolute atomic E-state index is 0.121. The van der Waals surface area contributed by atoms with Crippen LogP contribution in [0.2, 0.25) is 5.02 Å². The number of rotatable bonds is 3. The molecule has 4 rings (SSSR count). The molecule has 148 valence electrons. The van der Waals surface area contributed by atoms with Crippen molar-refractivity contribution in [3.05, 3.63) is 64.0 Å². The second-order valence-electron chi connectivity index (χ2n) is 6.72. The maximum Gasteiger partial charge on any atom is 0.304 e. The van der Waals surface area contributed by atoms with E-state index in [4.69, 9.17) is 16.7 Å². The summed E-state index contributed by atoms with van der Waals surface area (Å²) in [6, 6.07) is 9.50. The lowest BCUT2D eigenvalue weighted by atomic mass is 9.93. The molecule has 28 heavy (non-hydrogen) atoms. The molecule has 1 atom stereocenters. The Bertz CT molecular complexity index is 976. The van der Waals surface area contributed by atoms with E-state index >= 15 is 0 Å². The molecule has 3 heterocycles. The van der Waals surface area contributed by atoms with Gasteiger partial charge in [-0.25, -0.2) is 4.99 Å². The molecule has 0 spiro atoms. The number of nitrogens with zero attached hydrogens (tertiary/aromatic N) is 2. The van der Waals surface area contributed by atoms with E-state index in [0.29, 0.717) is 0 Å². The molecule has 2 aliphatic rings. The van der Waals surface area contributed by atoms with Gasteiger partial charge in [-0.15, -0.1) is 24.4 Å². The minimum Gasteiger partial charge on any atom is -0.481 e. The molecule has 7 heteroatoms. The summed E-state index contributed by atoms with van der Waals surface area (Å²) in [5, 5.41) is 11.0. The lowest BCUT2D eigenvalue weighted by Crippen LogP contribution is -2.32. The Morgan fingerprint density at radius 1 is 1.39 bits per heavy atom. The molecule has 2 aliphatic heterocycles. The molecule has 0 amide bonds. The Morgan fingerprint density at radius 3 is 2.79 bits per heavy atom. The van der Waals surface area contributed by atoms with Gasteiger partial charge < -0.3 is 9.67 Å². The summed E-state index contributed by atoms with van der Waals surface area (Å²) in [6.07, 6.45) is 9.15. The standard InChI is InChI=1S/C15H18N2O2S.C6H5ClS/c1-20-13-5-2-6-16-15-11(13)9-12-10(8-14(18)19)4-3-7-17(12)15;7-5-1-3-6(8)4-2-5/h2,6,9-10H,3-5,7-8H2,1H3,(H,18,19);1-4,8H. The van der Waals surface area contributed by atoms with Crippen LogP contribution in [0.25, 0.3) is 4.91 Å². The summed E-state index contributed by atoms with van der Waals surface area (Å²) in [5.41, 5.74) is 2.16. The third-order valence-electron chi connectivity index (χ3n) is 4.85. The van der Waals surface area contributed by atoms with Gasteiger partial charge in [0, 0.05) is 39.5 Å². The first kappa shape index (κ1) is 21.1. The number of carbonyl (C=O) groups is 1. The highest BCUT2D eigenvalue weighted by atomic mass is 35.5. The average Bonchev–Trinajstić information content (AvgIpc) is 2.92. The van der Waals surface area contributed by atoms with Crippen molar-refractivity contribution in [2.75, 3.05) is 6.26 Å². The third-order valence-corrected chi connectivity index (χ3v) is 6.28. The zero-order valence-electron chi connectivity index (χ0n) is 15.6. The summed E-state index contributed by atoms with van der Waals surface area (Å²) >= 11 is 11.4. The van der Waals surface area contributed by atoms with Crippen LogP contribution in [0.5, 0.6) is 0 Å². The number of hydrogen-bond acceptors (Lipinski definition) is 4. The lowest BCUT2D eigenvalue weighted by molar-refractivity contribution is -0.137. The summed E-state index contributed by atoms with van der Waals surface area (Å²) in [6.45, 7) is 0.944. The largest absolute Gasteiger partial charge is 0.481 e. The van der Waals surface area contributed by atoms with Crippen LogP contribution < -0.4 is 10.7 Å². The quantitative estimate of drug-likeness (QED) is 0.700. The predicted octanol–water partition coefficient (Wildman–Crippen LogP) is 4.48. The number of aromatic nitrogens is 1. The van der Waals surface area contributed by atoms with Gasteiger partial charge in [-0.1, -0.05) is 17.7 Å². The number of hydrogen-bond donors (Lipinski definition) is 2. The SMILES string of the molecule is CSC1=c2cc3n(c2=NC=CC1)CCCC3CC(=O)O.Sc1ccc(Cl)cc1. The van der Waals surface area contributed by atoms with Crippen LogP contribution in [-0.2, 0) is 11.3 Å². The van der Waals surface area contributed by atoms with Crippen LogP contribution >= 0.6 is 36.0 Å². The van der Waals surface area contributed by atoms with E-state index in [1.807, 2.05) is 30.5 Å². The first-order valence-electron chi connectivity index (χ1n) is 9.15.